The fourth-order valence-electron chi connectivity index (χ4n) is 2.88. The van der Waals surface area contributed by atoms with E-state index in [9.17, 15) is 9.59 Å². The number of fused-ring (bicyclic) bond motifs is 1. The molecule has 0 N–H and O–H groups in total. The van der Waals surface area contributed by atoms with Crippen LogP contribution in [0, 0.1) is 0 Å². The molecule has 0 radical (unpaired) electrons. The van der Waals surface area contributed by atoms with Crippen LogP contribution in [0.1, 0.15) is 6.92 Å². The smallest absolute Gasteiger partial charge is 0.268 e. The molecule has 0 aliphatic rings. The molecule has 2 aromatic heterocycles. The van der Waals surface area contributed by atoms with Crippen LogP contribution in [0.15, 0.2) is 69.9 Å². The number of nitrogens with zero attached hydrogens (tertiary/aromatic N) is 2. The van der Waals surface area contributed by atoms with E-state index in [4.69, 9.17) is 16.6 Å². The quantitative estimate of drug-likeness (QED) is 0.314. The molecule has 0 unspecified atom stereocenters. The average Bonchev–Trinajstić information content (AvgIpc) is 3.12. The van der Waals surface area contributed by atoms with Gasteiger partial charge in [-0.3, -0.25) is 14.2 Å². The molecular weight excluding hydrogens is 412 g/mol. The Morgan fingerprint density at radius 1 is 1.14 bits per heavy atom. The van der Waals surface area contributed by atoms with Crippen LogP contribution in [0.5, 0.6) is 0 Å². The minimum Gasteiger partial charge on any atom is -0.299 e. The van der Waals surface area contributed by atoms with Crippen molar-refractivity contribution >= 4 is 50.7 Å². The van der Waals surface area contributed by atoms with Gasteiger partial charge in [0.15, 0.2) is 5.16 Å². The third-order valence-electron chi connectivity index (χ3n) is 4.15. The van der Waals surface area contributed by atoms with Crippen LogP contribution < -0.4 is 5.56 Å². The Balaban J connectivity index is 1.97. The Bertz CT molecular complexity index is 1220. The van der Waals surface area contributed by atoms with Gasteiger partial charge in [-0.1, -0.05) is 53.7 Å². The number of carbonyl (C=O) groups excluding carboxylic acids is 1. The zero-order valence-electron chi connectivity index (χ0n) is 14.9. The van der Waals surface area contributed by atoms with Gasteiger partial charge in [0.1, 0.15) is 10.6 Å². The van der Waals surface area contributed by atoms with E-state index in [1.54, 1.807) is 16.7 Å². The van der Waals surface area contributed by atoms with Crippen LogP contribution >= 0.6 is 34.7 Å². The summed E-state index contributed by atoms with van der Waals surface area (Å²) in [7, 11) is 0. The first-order valence-electron chi connectivity index (χ1n) is 8.52. The van der Waals surface area contributed by atoms with Crippen molar-refractivity contribution < 1.29 is 4.79 Å². The topological polar surface area (TPSA) is 52.0 Å². The van der Waals surface area contributed by atoms with Crippen molar-refractivity contribution in [2.75, 3.05) is 5.75 Å². The first-order chi connectivity index (χ1) is 13.5. The second-order valence-corrected chi connectivity index (χ2v) is 8.43. The maximum absolute atomic E-state index is 13.5. The zero-order chi connectivity index (χ0) is 19.7. The van der Waals surface area contributed by atoms with E-state index in [1.165, 1.54) is 30.0 Å². The predicted octanol–water partition coefficient (Wildman–Crippen LogP) is 5.45. The monoisotopic (exact) mass is 426 g/mol. The number of thioether (sulfide) groups is 1. The predicted molar refractivity (Wildman–Crippen MR) is 117 cm³/mol. The SMILES string of the molecule is CC(=O)CSc1nc2scc(-c3ccc(Cl)cc3)c2c(=O)n1-c1ccccc1. The number of Topliss-reactive ketones (excluding diaryl/α,β-unsaturated/α-hetero) is 1. The van der Waals surface area contributed by atoms with Crippen molar-refractivity contribution in [3.63, 3.8) is 0 Å². The highest BCUT2D eigenvalue weighted by atomic mass is 35.5. The van der Waals surface area contributed by atoms with E-state index < -0.39 is 0 Å². The third kappa shape index (κ3) is 3.63. The molecule has 0 spiro atoms. The number of carbonyl (C=O) groups is 1. The summed E-state index contributed by atoms with van der Waals surface area (Å²) in [6.45, 7) is 1.53. The van der Waals surface area contributed by atoms with Crippen molar-refractivity contribution in [2.24, 2.45) is 0 Å². The largest absolute Gasteiger partial charge is 0.299 e. The summed E-state index contributed by atoms with van der Waals surface area (Å²) in [6.07, 6.45) is 0. The molecule has 2 aromatic carbocycles. The summed E-state index contributed by atoms with van der Waals surface area (Å²) in [5.74, 6) is 0.298. The van der Waals surface area contributed by atoms with E-state index in [1.807, 2.05) is 47.8 Å². The van der Waals surface area contributed by atoms with Crippen molar-refractivity contribution in [3.05, 3.63) is 75.4 Å². The van der Waals surface area contributed by atoms with Crippen LogP contribution in [0.3, 0.4) is 0 Å². The standard InChI is InChI=1S/C21H15ClN2O2S2/c1-13(25)11-28-21-23-19-18(20(26)24(21)16-5-3-2-4-6-16)17(12-27-19)14-7-9-15(22)10-8-14/h2-10,12H,11H2,1H3. The highest BCUT2D eigenvalue weighted by Gasteiger charge is 2.18. The number of para-hydroxylation sites is 1. The number of halogens is 1. The molecular formula is C21H15ClN2O2S2. The van der Waals surface area contributed by atoms with Crippen LogP contribution in [-0.4, -0.2) is 21.1 Å². The van der Waals surface area contributed by atoms with E-state index in [-0.39, 0.29) is 17.1 Å². The molecule has 0 saturated heterocycles. The third-order valence-corrected chi connectivity index (χ3v) is 6.36. The van der Waals surface area contributed by atoms with Crippen LogP contribution in [0.2, 0.25) is 5.02 Å². The summed E-state index contributed by atoms with van der Waals surface area (Å²) in [5, 5.41) is 3.68. The van der Waals surface area contributed by atoms with Gasteiger partial charge in [0.05, 0.1) is 16.8 Å². The Morgan fingerprint density at radius 3 is 2.54 bits per heavy atom. The lowest BCUT2D eigenvalue weighted by Crippen LogP contribution is -2.21. The summed E-state index contributed by atoms with van der Waals surface area (Å²) >= 11 is 8.70. The molecule has 28 heavy (non-hydrogen) atoms. The van der Waals surface area contributed by atoms with Gasteiger partial charge < -0.3 is 0 Å². The van der Waals surface area contributed by atoms with Crippen LogP contribution in [0.25, 0.3) is 27.0 Å². The number of thiophene rings is 1. The van der Waals surface area contributed by atoms with Gasteiger partial charge in [0.25, 0.3) is 5.56 Å². The summed E-state index contributed by atoms with van der Waals surface area (Å²) in [6, 6.07) is 16.8. The molecule has 0 saturated carbocycles. The Labute approximate surface area is 174 Å². The Morgan fingerprint density at radius 2 is 1.86 bits per heavy atom. The lowest BCUT2D eigenvalue weighted by atomic mass is 10.1. The fraction of sp³-hybridized carbons (Fsp3) is 0.0952. The average molecular weight is 427 g/mol. The molecule has 2 heterocycles. The molecule has 0 amide bonds. The van der Waals surface area contributed by atoms with Crippen molar-refractivity contribution in [2.45, 2.75) is 12.1 Å². The molecule has 0 bridgehead atoms. The first-order valence-corrected chi connectivity index (χ1v) is 10.8. The minimum absolute atomic E-state index is 0.0343. The summed E-state index contributed by atoms with van der Waals surface area (Å²) < 4.78 is 1.59. The molecule has 0 fully saturated rings. The van der Waals surface area contributed by atoms with E-state index in [2.05, 4.69) is 0 Å². The summed E-state index contributed by atoms with van der Waals surface area (Å²) in [4.78, 5) is 30.4. The summed E-state index contributed by atoms with van der Waals surface area (Å²) in [5.41, 5.74) is 2.33. The molecule has 0 aliphatic carbocycles. The molecule has 4 nitrogen and oxygen atoms in total. The number of hydrogen-bond acceptors (Lipinski definition) is 5. The van der Waals surface area contributed by atoms with Crippen molar-refractivity contribution in [1.29, 1.82) is 0 Å². The molecule has 4 rings (SSSR count). The van der Waals surface area contributed by atoms with E-state index >= 15 is 0 Å². The number of benzene rings is 2. The minimum atomic E-state index is -0.145. The number of rotatable bonds is 5. The molecule has 0 atom stereocenters. The van der Waals surface area contributed by atoms with Gasteiger partial charge in [0.2, 0.25) is 0 Å². The van der Waals surface area contributed by atoms with E-state index in [0.29, 0.717) is 20.4 Å². The normalized spacial score (nSPS) is 11.1. The van der Waals surface area contributed by atoms with Gasteiger partial charge in [0, 0.05) is 16.0 Å². The molecule has 7 heteroatoms. The van der Waals surface area contributed by atoms with Crippen LogP contribution in [-0.2, 0) is 4.79 Å². The molecule has 140 valence electrons. The van der Waals surface area contributed by atoms with Gasteiger partial charge in [-0.05, 0) is 36.8 Å². The fourth-order valence-corrected chi connectivity index (χ4v) is 4.81. The van der Waals surface area contributed by atoms with Crippen LogP contribution in [0.4, 0.5) is 0 Å². The highest BCUT2D eigenvalue weighted by molar-refractivity contribution is 7.99. The van der Waals surface area contributed by atoms with Gasteiger partial charge >= 0.3 is 0 Å². The van der Waals surface area contributed by atoms with Crippen molar-refractivity contribution in [3.8, 4) is 16.8 Å². The number of aromatic nitrogens is 2. The second kappa shape index (κ2) is 7.91. The number of ketones is 1. The zero-order valence-corrected chi connectivity index (χ0v) is 17.3. The lowest BCUT2D eigenvalue weighted by Gasteiger charge is -2.12. The van der Waals surface area contributed by atoms with Gasteiger partial charge in [-0.15, -0.1) is 11.3 Å². The second-order valence-electron chi connectivity index (χ2n) is 6.20. The maximum Gasteiger partial charge on any atom is 0.268 e. The Hall–Kier alpha value is -2.41. The maximum atomic E-state index is 13.5. The first kappa shape index (κ1) is 18.9. The van der Waals surface area contributed by atoms with Crippen molar-refractivity contribution in [1.82, 2.24) is 9.55 Å². The van der Waals surface area contributed by atoms with Gasteiger partial charge in [-0.25, -0.2) is 4.98 Å². The molecule has 0 aliphatic heterocycles. The number of hydrogen-bond donors (Lipinski definition) is 0. The Kier molecular flexibility index (Phi) is 5.35. The lowest BCUT2D eigenvalue weighted by molar-refractivity contribution is -0.114. The van der Waals surface area contributed by atoms with E-state index in [0.717, 1.165) is 16.8 Å². The van der Waals surface area contributed by atoms with Gasteiger partial charge in [-0.2, -0.15) is 0 Å². The highest BCUT2D eigenvalue weighted by Crippen LogP contribution is 2.33. The molecule has 4 aromatic rings.